The molecule has 0 bridgehead atoms. The lowest BCUT2D eigenvalue weighted by molar-refractivity contribution is 0.231. The van der Waals surface area contributed by atoms with Crippen molar-refractivity contribution in [2.24, 2.45) is 0 Å². The minimum atomic E-state index is -1.41. The number of hydrogen-bond donors (Lipinski definition) is 1. The fourth-order valence-electron chi connectivity index (χ4n) is 0. The molecule has 0 aromatic carbocycles. The zero-order valence-corrected chi connectivity index (χ0v) is 8.64. The van der Waals surface area contributed by atoms with Crippen molar-refractivity contribution < 1.29 is 5.11 Å². The summed E-state index contributed by atoms with van der Waals surface area (Å²) in [7, 11) is 0. The summed E-state index contributed by atoms with van der Waals surface area (Å²) in [6.07, 6.45) is 0. The van der Waals surface area contributed by atoms with Crippen LogP contribution in [-0.4, -0.2) is 12.9 Å². The van der Waals surface area contributed by atoms with Gasteiger partial charge in [0.2, 0.25) is 3.42 Å². The van der Waals surface area contributed by atoms with E-state index in [1.54, 1.807) is 0 Å². The molecule has 50 valence electrons. The van der Waals surface area contributed by atoms with Crippen LogP contribution in [0, 0.1) is 0 Å². The van der Waals surface area contributed by atoms with Crippen molar-refractivity contribution in [1.82, 2.24) is 0 Å². The molecule has 0 aromatic rings. The molecule has 1 nitrogen and oxygen atoms in total. The first-order chi connectivity index (χ1) is 3.25. The third kappa shape index (κ3) is 2.87. The van der Waals surface area contributed by atoms with Crippen LogP contribution < -0.4 is 0 Å². The lowest BCUT2D eigenvalue weighted by Gasteiger charge is -2.23. The fourth-order valence-corrected chi connectivity index (χ4v) is 0. The highest BCUT2D eigenvalue weighted by Crippen LogP contribution is 2.42. The molecule has 0 unspecified atom stereocenters. The van der Waals surface area contributed by atoms with E-state index in [4.69, 9.17) is 28.3 Å². The van der Waals surface area contributed by atoms with Crippen LogP contribution in [0.3, 0.4) is 0 Å². The Morgan fingerprint density at radius 3 is 1.50 bits per heavy atom. The molecule has 0 heterocycles. The molecular formula is C3H4Br2Cl2O. The van der Waals surface area contributed by atoms with E-state index in [9.17, 15) is 0 Å². The summed E-state index contributed by atoms with van der Waals surface area (Å²) < 4.78 is -2.64. The van der Waals surface area contributed by atoms with Crippen molar-refractivity contribution >= 4 is 55.1 Å². The van der Waals surface area contributed by atoms with Gasteiger partial charge < -0.3 is 5.11 Å². The summed E-state index contributed by atoms with van der Waals surface area (Å²) in [6, 6.07) is 0. The monoisotopic (exact) mass is 284 g/mol. The third-order valence-electron chi connectivity index (χ3n) is 0.528. The molecule has 0 rings (SSSR count). The van der Waals surface area contributed by atoms with Gasteiger partial charge in [-0.1, -0.05) is 23.2 Å². The van der Waals surface area contributed by atoms with E-state index in [-0.39, 0.29) is 0 Å². The van der Waals surface area contributed by atoms with E-state index < -0.39 is 7.75 Å². The Kier molecular flexibility index (Phi) is 3.12. The molecule has 0 atom stereocenters. The van der Waals surface area contributed by atoms with Crippen molar-refractivity contribution in [2.75, 3.05) is 0 Å². The van der Waals surface area contributed by atoms with Crippen molar-refractivity contribution in [3.8, 4) is 0 Å². The van der Waals surface area contributed by atoms with Crippen LogP contribution in [0.1, 0.15) is 6.92 Å². The Hall–Kier alpha value is 1.50. The third-order valence-corrected chi connectivity index (χ3v) is 3.57. The van der Waals surface area contributed by atoms with Crippen LogP contribution in [-0.2, 0) is 0 Å². The minimum absolute atomic E-state index is 1.23. The van der Waals surface area contributed by atoms with Gasteiger partial charge in [0.25, 0.3) is 0 Å². The van der Waals surface area contributed by atoms with E-state index in [1.807, 2.05) is 0 Å². The van der Waals surface area contributed by atoms with Crippen molar-refractivity contribution in [3.05, 3.63) is 0 Å². The quantitative estimate of drug-likeness (QED) is 0.735. The zero-order chi connectivity index (χ0) is 7.00. The number of hydrogen-bond acceptors (Lipinski definition) is 1. The molecule has 8 heavy (non-hydrogen) atoms. The predicted molar refractivity (Wildman–Crippen MR) is 42.9 cm³/mol. The standard InChI is InChI=1S/C3H4Br2Cl2O/c1-2(6,7)3(4,5)8/h8H,1H3. The molecule has 0 amide bonds. The smallest absolute Gasteiger partial charge is 0.208 e. The largest absolute Gasteiger partial charge is 0.367 e. The lowest BCUT2D eigenvalue weighted by Crippen LogP contribution is -2.31. The maximum absolute atomic E-state index is 8.92. The number of alkyl halides is 4. The molecule has 1 N–H and O–H groups in total. The lowest BCUT2D eigenvalue weighted by atomic mass is 10.5. The molecule has 0 spiro atoms. The summed E-state index contributed by atoms with van der Waals surface area (Å²) in [4.78, 5) is 0. The highest BCUT2D eigenvalue weighted by atomic mass is 79.9. The van der Waals surface area contributed by atoms with Gasteiger partial charge in [-0.25, -0.2) is 0 Å². The molecule has 0 aliphatic carbocycles. The maximum atomic E-state index is 8.92. The Labute approximate surface area is 74.6 Å². The van der Waals surface area contributed by atoms with Crippen molar-refractivity contribution in [2.45, 2.75) is 14.7 Å². The maximum Gasteiger partial charge on any atom is 0.208 e. The molecule has 0 aromatic heterocycles. The zero-order valence-electron chi connectivity index (χ0n) is 3.96. The van der Waals surface area contributed by atoms with E-state index in [0.29, 0.717) is 0 Å². The van der Waals surface area contributed by atoms with E-state index in [1.165, 1.54) is 6.92 Å². The molecule has 0 saturated carbocycles. The van der Waals surface area contributed by atoms with Gasteiger partial charge in [-0.15, -0.1) is 0 Å². The number of aliphatic hydroxyl groups is 1. The first-order valence-corrected chi connectivity index (χ1v) is 4.07. The second-order valence-corrected chi connectivity index (χ2v) is 6.49. The first kappa shape index (κ1) is 9.50. The van der Waals surface area contributed by atoms with Crippen molar-refractivity contribution in [1.29, 1.82) is 0 Å². The van der Waals surface area contributed by atoms with Gasteiger partial charge in [0.15, 0.2) is 4.33 Å². The molecule has 0 fully saturated rings. The summed E-state index contributed by atoms with van der Waals surface area (Å²) in [5.74, 6) is 0. The van der Waals surface area contributed by atoms with Gasteiger partial charge in [-0.05, 0) is 38.8 Å². The predicted octanol–water partition coefficient (Wildman–Crippen LogP) is 2.62. The number of rotatable bonds is 1. The van der Waals surface area contributed by atoms with E-state index >= 15 is 0 Å². The first-order valence-electron chi connectivity index (χ1n) is 1.73. The Bertz CT molecular complexity index is 70.3. The van der Waals surface area contributed by atoms with Gasteiger partial charge in [-0.3, -0.25) is 0 Å². The van der Waals surface area contributed by atoms with Gasteiger partial charge in [-0.2, -0.15) is 0 Å². The topological polar surface area (TPSA) is 20.2 Å². The van der Waals surface area contributed by atoms with Crippen LogP contribution in [0.2, 0.25) is 0 Å². The van der Waals surface area contributed by atoms with E-state index in [2.05, 4.69) is 31.9 Å². The minimum Gasteiger partial charge on any atom is -0.367 e. The average Bonchev–Trinajstić information content (AvgIpc) is 1.25. The SMILES string of the molecule is CC(Cl)(Cl)C(O)(Br)Br. The Balaban J connectivity index is 4.02. The summed E-state index contributed by atoms with van der Waals surface area (Å²) >= 11 is 16.5. The van der Waals surface area contributed by atoms with Crippen molar-refractivity contribution in [3.63, 3.8) is 0 Å². The average molecular weight is 287 g/mol. The molecular weight excluding hydrogens is 283 g/mol. The summed E-state index contributed by atoms with van der Waals surface area (Å²) in [5, 5.41) is 8.92. The van der Waals surface area contributed by atoms with Gasteiger partial charge in [0.05, 0.1) is 0 Å². The molecule has 0 radical (unpaired) electrons. The molecule has 0 saturated heterocycles. The van der Waals surface area contributed by atoms with Crippen LogP contribution >= 0.6 is 55.1 Å². The van der Waals surface area contributed by atoms with Crippen LogP contribution in [0.5, 0.6) is 0 Å². The molecule has 0 aliphatic heterocycles. The highest BCUT2D eigenvalue weighted by molar-refractivity contribution is 9.25. The second kappa shape index (κ2) is 2.62. The van der Waals surface area contributed by atoms with Crippen LogP contribution in [0.25, 0.3) is 0 Å². The fraction of sp³-hybridized carbons (Fsp3) is 1.00. The van der Waals surface area contributed by atoms with Crippen LogP contribution in [0.15, 0.2) is 0 Å². The second-order valence-electron chi connectivity index (χ2n) is 1.43. The van der Waals surface area contributed by atoms with E-state index in [0.717, 1.165) is 0 Å². The Morgan fingerprint density at radius 2 is 1.50 bits per heavy atom. The normalized spacial score (nSPS) is 14.2. The highest BCUT2D eigenvalue weighted by Gasteiger charge is 2.39. The summed E-state index contributed by atoms with van der Waals surface area (Å²) in [5.41, 5.74) is 0. The number of halogens is 4. The van der Waals surface area contributed by atoms with Gasteiger partial charge >= 0.3 is 0 Å². The van der Waals surface area contributed by atoms with Crippen LogP contribution in [0.4, 0.5) is 0 Å². The molecule has 5 heteroatoms. The molecule has 0 aliphatic rings. The van der Waals surface area contributed by atoms with Gasteiger partial charge in [0, 0.05) is 0 Å². The van der Waals surface area contributed by atoms with Gasteiger partial charge in [0.1, 0.15) is 0 Å². The summed E-state index contributed by atoms with van der Waals surface area (Å²) in [6.45, 7) is 1.46. The Morgan fingerprint density at radius 1 is 1.38 bits per heavy atom.